The first-order chi connectivity index (χ1) is 15.6. The Balaban J connectivity index is 1.35. The minimum absolute atomic E-state index is 0.137. The molecule has 2 aliphatic heterocycles. The van der Waals surface area contributed by atoms with Gasteiger partial charge in [-0.15, -0.1) is 0 Å². The third-order valence-electron chi connectivity index (χ3n) is 7.04. The normalized spacial score (nSPS) is 25.0. The van der Waals surface area contributed by atoms with Crippen molar-refractivity contribution in [2.75, 3.05) is 6.61 Å². The van der Waals surface area contributed by atoms with E-state index in [0.29, 0.717) is 36.1 Å². The molecule has 1 aliphatic carbocycles. The van der Waals surface area contributed by atoms with E-state index in [2.05, 4.69) is 5.32 Å². The van der Waals surface area contributed by atoms with Crippen molar-refractivity contribution in [3.63, 3.8) is 0 Å². The van der Waals surface area contributed by atoms with Gasteiger partial charge < -0.3 is 23.8 Å². The van der Waals surface area contributed by atoms with Crippen molar-refractivity contribution in [2.24, 2.45) is 0 Å². The summed E-state index contributed by atoms with van der Waals surface area (Å²) in [6, 6.07) is 8.31. The van der Waals surface area contributed by atoms with Crippen LogP contribution < -0.4 is 10.9 Å². The fraction of sp³-hybridized carbons (Fsp3) is 0.520. The first-order valence-electron chi connectivity index (χ1n) is 11.5. The minimum Gasteiger partial charge on any atom is -0.444 e. The van der Waals surface area contributed by atoms with E-state index in [-0.39, 0.29) is 17.0 Å². The van der Waals surface area contributed by atoms with Gasteiger partial charge in [-0.1, -0.05) is 6.07 Å². The van der Waals surface area contributed by atoms with E-state index in [9.17, 15) is 14.0 Å². The molecular formula is C25H30FN3O4. The Hall–Kier alpha value is -2.87. The molecule has 0 unspecified atom stereocenters. The summed E-state index contributed by atoms with van der Waals surface area (Å²) in [5.74, 6) is -0.356. The number of hydrogen-bond acceptors (Lipinski definition) is 4. The maximum atomic E-state index is 14.7. The average molecular weight is 456 g/mol. The molecule has 2 aromatic heterocycles. The molecule has 1 N–H and O–H groups in total. The number of amides is 1. The number of carbonyl (C=O) groups is 1. The van der Waals surface area contributed by atoms with Gasteiger partial charge in [0.15, 0.2) is 0 Å². The van der Waals surface area contributed by atoms with Gasteiger partial charge in [0.2, 0.25) is 0 Å². The second-order valence-corrected chi connectivity index (χ2v) is 10.5. The molecule has 0 spiro atoms. The summed E-state index contributed by atoms with van der Waals surface area (Å²) in [6.45, 7) is 6.39. The molecule has 4 heterocycles. The number of nitrogens with one attached hydrogen (secondary N) is 1. The van der Waals surface area contributed by atoms with Crippen molar-refractivity contribution in [3.05, 3.63) is 52.7 Å². The molecule has 7 nitrogen and oxygen atoms in total. The second-order valence-electron chi connectivity index (χ2n) is 10.5. The Morgan fingerprint density at radius 2 is 1.88 bits per heavy atom. The van der Waals surface area contributed by atoms with E-state index in [0.717, 1.165) is 25.7 Å². The van der Waals surface area contributed by atoms with Gasteiger partial charge in [-0.05, 0) is 77.1 Å². The first-order valence-corrected chi connectivity index (χ1v) is 11.5. The largest absolute Gasteiger partial charge is 0.444 e. The maximum Gasteiger partial charge on any atom is 0.408 e. The zero-order chi connectivity index (χ0) is 23.4. The number of para-hydroxylation sites is 1. The van der Waals surface area contributed by atoms with Crippen LogP contribution in [-0.4, -0.2) is 38.4 Å². The molecule has 176 valence electrons. The number of ether oxygens (including phenoxy) is 2. The highest BCUT2D eigenvalue weighted by molar-refractivity contribution is 5.79. The van der Waals surface area contributed by atoms with Crippen LogP contribution in [0.15, 0.2) is 41.3 Å². The Morgan fingerprint density at radius 3 is 2.55 bits per heavy atom. The number of alkyl carbamates (subject to hydrolysis) is 1. The molecule has 2 bridgehead atoms. The molecule has 8 heteroatoms. The van der Waals surface area contributed by atoms with Crippen molar-refractivity contribution >= 4 is 22.6 Å². The second kappa shape index (κ2) is 7.58. The lowest BCUT2D eigenvalue weighted by atomic mass is 9.70. The highest BCUT2D eigenvalue weighted by Gasteiger charge is 2.50. The third kappa shape index (κ3) is 3.90. The summed E-state index contributed by atoms with van der Waals surface area (Å²) in [5.41, 5.74) is 0.00855. The van der Waals surface area contributed by atoms with Gasteiger partial charge in [-0.3, -0.25) is 4.79 Å². The lowest BCUT2D eigenvalue weighted by molar-refractivity contribution is -0.165. The maximum absolute atomic E-state index is 14.7. The lowest BCUT2D eigenvalue weighted by Crippen LogP contribution is -2.63. The van der Waals surface area contributed by atoms with Crippen LogP contribution in [0.4, 0.5) is 9.18 Å². The number of carbonyl (C=O) groups excluding carboxylic acids is 1. The highest BCUT2D eigenvalue weighted by Crippen LogP contribution is 2.45. The van der Waals surface area contributed by atoms with E-state index in [1.54, 1.807) is 39.4 Å². The van der Waals surface area contributed by atoms with Crippen LogP contribution in [0.5, 0.6) is 0 Å². The predicted molar refractivity (Wildman–Crippen MR) is 123 cm³/mol. The summed E-state index contributed by atoms with van der Waals surface area (Å²) in [7, 11) is 0. The summed E-state index contributed by atoms with van der Waals surface area (Å²) < 4.78 is 29.7. The number of halogens is 1. The van der Waals surface area contributed by atoms with Crippen LogP contribution in [0.25, 0.3) is 16.6 Å². The molecule has 0 atom stereocenters. The van der Waals surface area contributed by atoms with Crippen molar-refractivity contribution in [1.29, 1.82) is 0 Å². The van der Waals surface area contributed by atoms with Gasteiger partial charge >= 0.3 is 6.09 Å². The summed E-state index contributed by atoms with van der Waals surface area (Å²) in [5, 5.41) is 3.04. The fourth-order valence-electron chi connectivity index (χ4n) is 5.26. The number of nitrogens with zero attached hydrogens (tertiary/aromatic N) is 2. The first kappa shape index (κ1) is 21.9. The van der Waals surface area contributed by atoms with E-state index in [1.807, 2.05) is 20.8 Å². The fourth-order valence-corrected chi connectivity index (χ4v) is 5.26. The standard InChI is InChI=1S/C25H30FN3O4/c1-23(2,3)33-22(31)27-24-9-11-25(12-10-24,32-16-24)13-15-29-18-7-4-6-17(26)20(18)28-14-5-8-19(28)21(29)30/h4-8,14H,9-13,15-16H2,1-3H3,(H,27,31). The monoisotopic (exact) mass is 455 g/mol. The molecule has 33 heavy (non-hydrogen) atoms. The molecule has 3 aromatic rings. The number of benzene rings is 1. The molecule has 1 saturated carbocycles. The zero-order valence-electron chi connectivity index (χ0n) is 19.3. The zero-order valence-corrected chi connectivity index (χ0v) is 19.3. The van der Waals surface area contributed by atoms with E-state index < -0.39 is 17.2 Å². The summed E-state index contributed by atoms with van der Waals surface area (Å²) in [6.07, 6.45) is 5.13. The molecule has 6 rings (SSSR count). The van der Waals surface area contributed by atoms with Gasteiger partial charge in [-0.2, -0.15) is 0 Å². The molecule has 1 amide bonds. The predicted octanol–water partition coefficient (Wildman–Crippen LogP) is 4.39. The minimum atomic E-state index is -0.550. The molecule has 3 aliphatic rings. The number of aryl methyl sites for hydroxylation is 1. The summed E-state index contributed by atoms with van der Waals surface area (Å²) >= 11 is 0. The van der Waals surface area contributed by atoms with Gasteiger partial charge in [-0.25, -0.2) is 9.18 Å². The smallest absolute Gasteiger partial charge is 0.408 e. The number of aromatic nitrogens is 2. The Kier molecular flexibility index (Phi) is 5.04. The average Bonchev–Trinajstić information content (AvgIpc) is 3.23. The van der Waals surface area contributed by atoms with Crippen LogP contribution in [0.2, 0.25) is 0 Å². The van der Waals surface area contributed by atoms with Crippen LogP contribution in [0.3, 0.4) is 0 Å². The Labute approximate surface area is 191 Å². The third-order valence-corrected chi connectivity index (χ3v) is 7.04. The molecular weight excluding hydrogens is 425 g/mol. The van der Waals surface area contributed by atoms with Gasteiger partial charge in [0, 0.05) is 12.7 Å². The topological polar surface area (TPSA) is 74.0 Å². The van der Waals surface area contributed by atoms with Crippen LogP contribution in [0.1, 0.15) is 52.9 Å². The Morgan fingerprint density at radius 1 is 1.15 bits per heavy atom. The summed E-state index contributed by atoms with van der Waals surface area (Å²) in [4.78, 5) is 25.5. The quantitative estimate of drug-likeness (QED) is 0.633. The molecule has 1 aromatic carbocycles. The van der Waals surface area contributed by atoms with Crippen molar-refractivity contribution in [3.8, 4) is 0 Å². The van der Waals surface area contributed by atoms with Gasteiger partial charge in [0.25, 0.3) is 5.56 Å². The van der Waals surface area contributed by atoms with E-state index in [4.69, 9.17) is 9.47 Å². The number of rotatable bonds is 4. The molecule has 0 radical (unpaired) electrons. The van der Waals surface area contributed by atoms with Crippen LogP contribution in [-0.2, 0) is 16.0 Å². The van der Waals surface area contributed by atoms with Crippen LogP contribution in [0, 0.1) is 5.82 Å². The molecule has 3 fully saturated rings. The van der Waals surface area contributed by atoms with Crippen molar-refractivity contribution < 1.29 is 18.7 Å². The van der Waals surface area contributed by atoms with Gasteiger partial charge in [0.05, 0.1) is 23.3 Å². The Bertz CT molecular complexity index is 1260. The van der Waals surface area contributed by atoms with E-state index in [1.165, 1.54) is 6.07 Å². The molecule has 2 saturated heterocycles. The van der Waals surface area contributed by atoms with Crippen molar-refractivity contribution in [2.45, 2.75) is 76.2 Å². The SMILES string of the molecule is CC(C)(C)OC(=O)NC12CCC(CCn3c(=O)c4cccn4c4c(F)cccc43)(CC1)OC2. The van der Waals surface area contributed by atoms with Crippen LogP contribution >= 0.6 is 0 Å². The number of hydrogen-bond donors (Lipinski definition) is 1. The van der Waals surface area contributed by atoms with E-state index >= 15 is 0 Å². The van der Waals surface area contributed by atoms with Crippen molar-refractivity contribution in [1.82, 2.24) is 14.3 Å². The lowest BCUT2D eigenvalue weighted by Gasteiger charge is -2.53. The highest BCUT2D eigenvalue weighted by atomic mass is 19.1. The number of fused-ring (bicyclic) bond motifs is 6. The van der Waals surface area contributed by atoms with Gasteiger partial charge in [0.1, 0.15) is 22.5 Å².